The van der Waals surface area contributed by atoms with E-state index in [9.17, 15) is 0 Å². The average molecular weight is 227 g/mol. The summed E-state index contributed by atoms with van der Waals surface area (Å²) in [6, 6.07) is 0.392. The lowest BCUT2D eigenvalue weighted by molar-refractivity contribution is 0.602. The minimum absolute atomic E-state index is 0.392. The maximum Gasteiger partial charge on any atom is 0.0537 e. The monoisotopic (exact) mass is 227 g/mol. The molecular weight excluding hydrogens is 206 g/mol. The van der Waals surface area contributed by atoms with Crippen LogP contribution in [-0.2, 0) is 6.54 Å². The van der Waals surface area contributed by atoms with E-state index in [4.69, 9.17) is 0 Å². The van der Waals surface area contributed by atoms with Crippen molar-refractivity contribution in [2.45, 2.75) is 32.9 Å². The van der Waals surface area contributed by atoms with Crippen LogP contribution in [0.25, 0.3) is 0 Å². The van der Waals surface area contributed by atoms with Crippen LogP contribution in [0.3, 0.4) is 0 Å². The molecule has 1 N–H and O–H groups in total. The Bertz CT molecular complexity index is 273. The van der Waals surface area contributed by atoms with E-state index in [-0.39, 0.29) is 0 Å². The van der Waals surface area contributed by atoms with E-state index in [1.54, 1.807) is 0 Å². The lowest BCUT2D eigenvalue weighted by Gasteiger charge is -2.05. The number of thioether (sulfide) groups is 1. The summed E-state index contributed by atoms with van der Waals surface area (Å²) >= 11 is 1.99. The van der Waals surface area contributed by atoms with Gasteiger partial charge in [0.2, 0.25) is 0 Å². The van der Waals surface area contributed by atoms with Crippen LogP contribution >= 0.6 is 11.8 Å². The first-order chi connectivity index (χ1) is 7.27. The van der Waals surface area contributed by atoms with Crippen molar-refractivity contribution in [3.8, 4) is 0 Å². The molecule has 1 rings (SSSR count). The number of nitrogens with one attached hydrogen (secondary N) is 1. The van der Waals surface area contributed by atoms with Gasteiger partial charge in [0.15, 0.2) is 0 Å². The predicted octanol–water partition coefficient (Wildman–Crippen LogP) is 2.31. The van der Waals surface area contributed by atoms with Crippen LogP contribution < -0.4 is 5.32 Å². The van der Waals surface area contributed by atoms with Gasteiger partial charge in [-0.3, -0.25) is 4.68 Å². The molecule has 0 bridgehead atoms. The number of aryl methyl sites for hydroxylation is 1. The van der Waals surface area contributed by atoms with Gasteiger partial charge in [0.1, 0.15) is 0 Å². The summed E-state index contributed by atoms with van der Waals surface area (Å²) in [6.07, 6.45) is 5.29. The number of nitrogens with zero attached hydrogens (tertiary/aromatic N) is 2. The second-order valence-electron chi connectivity index (χ2n) is 3.60. The summed E-state index contributed by atoms with van der Waals surface area (Å²) in [5, 5.41) is 7.56. The van der Waals surface area contributed by atoms with Crippen LogP contribution in [0.5, 0.6) is 0 Å². The fraction of sp³-hybridized carbons (Fsp3) is 0.727. The minimum atomic E-state index is 0.392. The molecule has 0 fully saturated rings. The zero-order valence-corrected chi connectivity index (χ0v) is 10.7. The summed E-state index contributed by atoms with van der Waals surface area (Å²) in [5.74, 6) is 2.44. The quantitative estimate of drug-likeness (QED) is 0.725. The van der Waals surface area contributed by atoms with Crippen LogP contribution in [0.4, 0.5) is 0 Å². The first kappa shape index (κ1) is 12.6. The largest absolute Gasteiger partial charge is 0.313 e. The Morgan fingerprint density at radius 2 is 2.40 bits per heavy atom. The van der Waals surface area contributed by atoms with Gasteiger partial charge in [-0.1, -0.05) is 6.92 Å². The van der Waals surface area contributed by atoms with Crippen molar-refractivity contribution in [1.82, 2.24) is 15.1 Å². The van der Waals surface area contributed by atoms with Gasteiger partial charge in [-0.15, -0.1) is 0 Å². The minimum Gasteiger partial charge on any atom is -0.313 e. The second kappa shape index (κ2) is 6.90. The Balaban J connectivity index is 2.33. The van der Waals surface area contributed by atoms with Crippen LogP contribution in [0, 0.1) is 0 Å². The Kier molecular flexibility index (Phi) is 5.79. The maximum atomic E-state index is 4.35. The molecule has 86 valence electrons. The topological polar surface area (TPSA) is 29.9 Å². The van der Waals surface area contributed by atoms with E-state index >= 15 is 0 Å². The van der Waals surface area contributed by atoms with E-state index in [2.05, 4.69) is 30.5 Å². The van der Waals surface area contributed by atoms with E-state index in [0.717, 1.165) is 6.54 Å². The van der Waals surface area contributed by atoms with E-state index < -0.39 is 0 Å². The van der Waals surface area contributed by atoms with Gasteiger partial charge in [0.05, 0.1) is 6.20 Å². The summed E-state index contributed by atoms with van der Waals surface area (Å²) < 4.78 is 2.04. The van der Waals surface area contributed by atoms with Gasteiger partial charge in [0, 0.05) is 24.3 Å². The first-order valence-corrected chi connectivity index (χ1v) is 6.70. The van der Waals surface area contributed by atoms with E-state index in [1.807, 2.05) is 29.7 Å². The lowest BCUT2D eigenvalue weighted by atomic mass is 10.2. The Morgan fingerprint density at radius 1 is 1.60 bits per heavy atom. The lowest BCUT2D eigenvalue weighted by Crippen LogP contribution is -2.11. The van der Waals surface area contributed by atoms with Gasteiger partial charge < -0.3 is 5.32 Å². The fourth-order valence-corrected chi connectivity index (χ4v) is 1.99. The van der Waals surface area contributed by atoms with Crippen LogP contribution in [0.1, 0.15) is 31.9 Å². The molecule has 0 aliphatic heterocycles. The van der Waals surface area contributed by atoms with Crippen molar-refractivity contribution in [2.75, 3.05) is 18.6 Å². The molecule has 0 radical (unpaired) electrons. The summed E-state index contributed by atoms with van der Waals surface area (Å²) in [5.41, 5.74) is 1.26. The van der Waals surface area contributed by atoms with E-state index in [0.29, 0.717) is 6.04 Å². The Morgan fingerprint density at radius 3 is 3.07 bits per heavy atom. The number of rotatable bonds is 7. The van der Waals surface area contributed by atoms with Gasteiger partial charge in [-0.05, 0) is 31.9 Å². The maximum absolute atomic E-state index is 4.35. The smallest absolute Gasteiger partial charge is 0.0537 e. The third kappa shape index (κ3) is 4.26. The highest BCUT2D eigenvalue weighted by molar-refractivity contribution is 7.99. The third-order valence-electron chi connectivity index (χ3n) is 2.47. The van der Waals surface area contributed by atoms with Crippen molar-refractivity contribution in [3.05, 3.63) is 18.0 Å². The molecule has 15 heavy (non-hydrogen) atoms. The molecule has 1 unspecified atom stereocenters. The molecule has 1 atom stereocenters. The molecule has 0 aliphatic rings. The van der Waals surface area contributed by atoms with Crippen molar-refractivity contribution in [3.63, 3.8) is 0 Å². The van der Waals surface area contributed by atoms with Crippen molar-refractivity contribution in [1.29, 1.82) is 0 Å². The molecule has 3 nitrogen and oxygen atoms in total. The fourth-order valence-electron chi connectivity index (χ4n) is 1.37. The molecule has 1 aromatic heterocycles. The molecule has 0 aromatic carbocycles. The highest BCUT2D eigenvalue weighted by atomic mass is 32.2. The van der Waals surface area contributed by atoms with Crippen LogP contribution in [0.15, 0.2) is 12.4 Å². The normalized spacial score (nSPS) is 13.0. The van der Waals surface area contributed by atoms with Crippen molar-refractivity contribution < 1.29 is 0 Å². The predicted molar refractivity (Wildman–Crippen MR) is 67.3 cm³/mol. The molecule has 0 saturated heterocycles. The number of aromatic nitrogens is 2. The Labute approximate surface area is 96.6 Å². The summed E-state index contributed by atoms with van der Waals surface area (Å²) in [6.45, 7) is 5.38. The van der Waals surface area contributed by atoms with Gasteiger partial charge in [-0.2, -0.15) is 16.9 Å². The average Bonchev–Trinajstić information content (AvgIpc) is 2.72. The van der Waals surface area contributed by atoms with Gasteiger partial charge in [0.25, 0.3) is 0 Å². The SMILES string of the molecule is CCSCCCn1cc(C(C)NC)cn1. The molecule has 4 heteroatoms. The standard InChI is InChI=1S/C11H21N3S/c1-4-15-7-5-6-14-9-11(8-13-14)10(2)12-3/h8-10,12H,4-7H2,1-3H3. The van der Waals surface area contributed by atoms with Crippen molar-refractivity contribution in [2.24, 2.45) is 0 Å². The molecule has 0 spiro atoms. The zero-order valence-electron chi connectivity index (χ0n) is 9.86. The van der Waals surface area contributed by atoms with Gasteiger partial charge >= 0.3 is 0 Å². The van der Waals surface area contributed by atoms with Crippen LogP contribution in [0.2, 0.25) is 0 Å². The summed E-state index contributed by atoms with van der Waals surface area (Å²) in [7, 11) is 1.97. The molecule has 0 amide bonds. The molecule has 1 aromatic rings. The number of hydrogen-bond donors (Lipinski definition) is 1. The van der Waals surface area contributed by atoms with Crippen molar-refractivity contribution >= 4 is 11.8 Å². The third-order valence-corrected chi connectivity index (χ3v) is 3.45. The zero-order chi connectivity index (χ0) is 11.1. The molecule has 0 saturated carbocycles. The van der Waals surface area contributed by atoms with Gasteiger partial charge in [-0.25, -0.2) is 0 Å². The first-order valence-electron chi connectivity index (χ1n) is 5.55. The Hall–Kier alpha value is -0.480. The second-order valence-corrected chi connectivity index (χ2v) is 4.99. The van der Waals surface area contributed by atoms with E-state index in [1.165, 1.54) is 23.5 Å². The molecular formula is C11H21N3S. The molecule has 1 heterocycles. The highest BCUT2D eigenvalue weighted by Crippen LogP contribution is 2.10. The van der Waals surface area contributed by atoms with Crippen LogP contribution in [-0.4, -0.2) is 28.3 Å². The summed E-state index contributed by atoms with van der Waals surface area (Å²) in [4.78, 5) is 0. The highest BCUT2D eigenvalue weighted by Gasteiger charge is 2.04. The number of hydrogen-bond acceptors (Lipinski definition) is 3. The molecule has 0 aliphatic carbocycles.